The fourth-order valence-electron chi connectivity index (χ4n) is 5.81. The van der Waals surface area contributed by atoms with E-state index in [-0.39, 0.29) is 0 Å². The normalized spacial score (nSPS) is 17.4. The van der Waals surface area contributed by atoms with Gasteiger partial charge in [0.15, 0.2) is 0 Å². The maximum Gasteiger partial charge on any atom is 0.321 e. The van der Waals surface area contributed by atoms with E-state index >= 15 is 0 Å². The van der Waals surface area contributed by atoms with Crippen molar-refractivity contribution in [1.29, 1.82) is 0 Å². The molecule has 174 valence electrons. The Labute approximate surface area is 185 Å². The van der Waals surface area contributed by atoms with Crippen molar-refractivity contribution in [2.45, 2.75) is 104 Å². The predicted octanol–water partition coefficient (Wildman–Crippen LogP) is 5.63. The first-order chi connectivity index (χ1) is 13.8. The summed E-state index contributed by atoms with van der Waals surface area (Å²) < 4.78 is 15.0. The fraction of sp³-hybridized carbons (Fsp3) is 1.00. The zero-order valence-corrected chi connectivity index (χ0v) is 23.2. The van der Waals surface area contributed by atoms with Gasteiger partial charge in [0.05, 0.1) is 0 Å². The van der Waals surface area contributed by atoms with Crippen LogP contribution in [0.4, 0.5) is 0 Å². The van der Waals surface area contributed by atoms with E-state index in [0.717, 1.165) is 42.7 Å². The molecule has 0 aromatic carbocycles. The van der Waals surface area contributed by atoms with Crippen molar-refractivity contribution >= 4 is 17.5 Å². The number of hydrogen-bond donors (Lipinski definition) is 0. The van der Waals surface area contributed by atoms with Crippen LogP contribution in [0.2, 0.25) is 22.7 Å². The summed E-state index contributed by atoms with van der Waals surface area (Å²) in [7, 11) is -2.89. The second-order valence-corrected chi connectivity index (χ2v) is 17.8. The van der Waals surface area contributed by atoms with E-state index in [4.69, 9.17) is 8.85 Å². The van der Waals surface area contributed by atoms with Crippen molar-refractivity contribution in [3.63, 3.8) is 0 Å². The van der Waals surface area contributed by atoms with Crippen LogP contribution in [0, 0.1) is 0 Å². The van der Waals surface area contributed by atoms with Gasteiger partial charge >= 0.3 is 9.28 Å². The van der Waals surface area contributed by atoms with Gasteiger partial charge in [0.2, 0.25) is 0 Å². The van der Waals surface area contributed by atoms with Gasteiger partial charge in [0.25, 0.3) is 0 Å². The number of piperazine rings is 1. The van der Waals surface area contributed by atoms with Gasteiger partial charge in [-0.25, -0.2) is 0 Å². The number of rotatable bonds is 15. The van der Waals surface area contributed by atoms with Crippen molar-refractivity contribution in [3.05, 3.63) is 0 Å². The van der Waals surface area contributed by atoms with Crippen LogP contribution in [0.5, 0.6) is 0 Å². The highest BCUT2D eigenvalue weighted by Gasteiger charge is 2.48. The molecule has 0 N–H and O–H groups in total. The summed E-state index contributed by atoms with van der Waals surface area (Å²) in [5.41, 5.74) is 2.46. The lowest BCUT2D eigenvalue weighted by Crippen LogP contribution is -2.65. The molecule has 1 saturated heterocycles. The minimum Gasteiger partial charge on any atom is -0.397 e. The molecule has 0 aliphatic carbocycles. The Kier molecular flexibility index (Phi) is 13.5. The summed E-state index contributed by atoms with van der Waals surface area (Å²) in [5.74, 6) is 0. The zero-order chi connectivity index (χ0) is 21.9. The molecule has 0 saturated carbocycles. The molecule has 1 aliphatic heterocycles. The topological polar surface area (TPSA) is 24.9 Å². The van der Waals surface area contributed by atoms with Gasteiger partial charge in [-0.05, 0) is 48.5 Å². The van der Waals surface area contributed by atoms with E-state index in [1.54, 1.807) is 0 Å². The molecule has 29 heavy (non-hydrogen) atoms. The monoisotopic (exact) mass is 444 g/mol. The standard InChI is InChI=1S/C23H52N2O2Si2/c1-9-18-26-28(27-19-10-2)20-12-11-13-24-14-16-25(17-15-24)29(21(3)4,22(5)6)23(7)8/h21-23,28H,9-20H2,1-8H3. The van der Waals surface area contributed by atoms with Crippen molar-refractivity contribution in [3.8, 4) is 0 Å². The quantitative estimate of drug-likeness (QED) is 0.241. The highest BCUT2D eigenvalue weighted by Crippen LogP contribution is 2.44. The molecule has 0 aromatic heterocycles. The van der Waals surface area contributed by atoms with E-state index < -0.39 is 17.5 Å². The Morgan fingerprint density at radius 3 is 1.66 bits per heavy atom. The van der Waals surface area contributed by atoms with Crippen LogP contribution in [0.25, 0.3) is 0 Å². The first-order valence-electron chi connectivity index (χ1n) is 12.5. The molecule has 1 aliphatic rings. The first-order valence-corrected chi connectivity index (χ1v) is 16.4. The van der Waals surface area contributed by atoms with Crippen molar-refractivity contribution in [1.82, 2.24) is 9.47 Å². The average molecular weight is 445 g/mol. The maximum absolute atomic E-state index is 6.01. The van der Waals surface area contributed by atoms with Crippen LogP contribution < -0.4 is 0 Å². The molecule has 1 fully saturated rings. The van der Waals surface area contributed by atoms with Crippen molar-refractivity contribution < 1.29 is 8.85 Å². The molecule has 0 atom stereocenters. The summed E-state index contributed by atoms with van der Waals surface area (Å²) in [6, 6.07) is 1.17. The number of unbranched alkanes of at least 4 members (excludes halogenated alkanes) is 1. The third-order valence-electron chi connectivity index (χ3n) is 6.87. The lowest BCUT2D eigenvalue weighted by atomic mass is 10.3. The third kappa shape index (κ3) is 8.04. The van der Waals surface area contributed by atoms with Gasteiger partial charge in [0, 0.05) is 39.4 Å². The second-order valence-electron chi connectivity index (χ2n) is 9.85. The molecule has 0 unspecified atom stereocenters. The zero-order valence-electron chi connectivity index (χ0n) is 21.0. The smallest absolute Gasteiger partial charge is 0.321 e. The minimum absolute atomic E-state index is 0.821. The van der Waals surface area contributed by atoms with Crippen LogP contribution in [-0.2, 0) is 8.85 Å². The highest BCUT2D eigenvalue weighted by molar-refractivity contribution is 6.81. The number of nitrogens with zero attached hydrogens (tertiary/aromatic N) is 2. The molecule has 0 spiro atoms. The summed E-state index contributed by atoms with van der Waals surface area (Å²) in [5, 5.41) is 0. The maximum atomic E-state index is 6.01. The van der Waals surface area contributed by atoms with E-state index in [9.17, 15) is 0 Å². The van der Waals surface area contributed by atoms with Gasteiger partial charge in [-0.3, -0.25) is 0 Å². The van der Waals surface area contributed by atoms with E-state index in [1.807, 2.05) is 0 Å². The molecule has 0 aromatic rings. The van der Waals surface area contributed by atoms with Gasteiger partial charge in [0.1, 0.15) is 8.24 Å². The average Bonchev–Trinajstić information content (AvgIpc) is 2.67. The van der Waals surface area contributed by atoms with Gasteiger partial charge in [-0.1, -0.05) is 61.8 Å². The van der Waals surface area contributed by atoms with Crippen LogP contribution in [0.15, 0.2) is 0 Å². The first kappa shape index (κ1) is 27.3. The molecule has 6 heteroatoms. The summed E-state index contributed by atoms with van der Waals surface area (Å²) in [6.45, 7) is 27.3. The molecular formula is C23H52N2O2Si2. The van der Waals surface area contributed by atoms with E-state index in [2.05, 4.69) is 64.9 Å². The molecular weight excluding hydrogens is 392 g/mol. The van der Waals surface area contributed by atoms with Gasteiger partial charge in [-0.2, -0.15) is 0 Å². The molecule has 1 heterocycles. The van der Waals surface area contributed by atoms with E-state index in [0.29, 0.717) is 0 Å². The molecule has 1 rings (SSSR count). The lowest BCUT2D eigenvalue weighted by molar-refractivity contribution is 0.173. The fourth-order valence-corrected chi connectivity index (χ4v) is 15.0. The third-order valence-corrected chi connectivity index (χ3v) is 16.1. The Morgan fingerprint density at radius 1 is 0.759 bits per heavy atom. The number of hydrogen-bond acceptors (Lipinski definition) is 4. The lowest BCUT2D eigenvalue weighted by Gasteiger charge is -2.53. The largest absolute Gasteiger partial charge is 0.397 e. The Balaban J connectivity index is 2.43. The molecule has 0 radical (unpaired) electrons. The van der Waals surface area contributed by atoms with Crippen molar-refractivity contribution in [2.75, 3.05) is 45.9 Å². The SMILES string of the molecule is CCCO[SiH](CCCCN1CCN([Si](C(C)C)(C(C)C)C(C)C)CC1)OCCC. The minimum atomic E-state index is -1.46. The van der Waals surface area contributed by atoms with Gasteiger partial charge in [-0.15, -0.1) is 0 Å². The van der Waals surface area contributed by atoms with Crippen LogP contribution in [0.1, 0.15) is 81.1 Å². The predicted molar refractivity (Wildman–Crippen MR) is 133 cm³/mol. The summed E-state index contributed by atoms with van der Waals surface area (Å²) >= 11 is 0. The Hall–Kier alpha value is 0.274. The summed E-state index contributed by atoms with van der Waals surface area (Å²) in [6.07, 6.45) is 4.73. The van der Waals surface area contributed by atoms with Crippen LogP contribution in [0.3, 0.4) is 0 Å². The highest BCUT2D eigenvalue weighted by atomic mass is 28.3. The van der Waals surface area contributed by atoms with Gasteiger partial charge < -0.3 is 18.3 Å². The molecule has 0 amide bonds. The molecule has 4 nitrogen and oxygen atoms in total. The molecule has 0 bridgehead atoms. The Bertz CT molecular complexity index is 384. The Morgan fingerprint density at radius 2 is 1.24 bits per heavy atom. The van der Waals surface area contributed by atoms with E-state index in [1.165, 1.54) is 51.6 Å². The van der Waals surface area contributed by atoms with Crippen molar-refractivity contribution in [2.24, 2.45) is 0 Å². The van der Waals surface area contributed by atoms with Crippen LogP contribution >= 0.6 is 0 Å². The summed E-state index contributed by atoms with van der Waals surface area (Å²) in [4.78, 5) is 2.70. The second kappa shape index (κ2) is 14.4. The van der Waals surface area contributed by atoms with Crippen LogP contribution in [-0.4, -0.2) is 72.9 Å².